The third-order valence-electron chi connectivity index (χ3n) is 7.40. The summed E-state index contributed by atoms with van der Waals surface area (Å²) in [7, 11) is -1.70. The number of hydrogen-bond acceptors (Lipinski definition) is 3. The van der Waals surface area contributed by atoms with Gasteiger partial charge in [-0.1, -0.05) is 114 Å². The second kappa shape index (κ2) is 11.9. The molecule has 3 nitrogen and oxygen atoms in total. The summed E-state index contributed by atoms with van der Waals surface area (Å²) < 4.78 is 6.39. The molecule has 3 aromatic carbocycles. The first-order valence-corrected chi connectivity index (χ1v) is 17.8. The summed E-state index contributed by atoms with van der Waals surface area (Å²) in [5.41, 5.74) is 6.18. The van der Waals surface area contributed by atoms with Gasteiger partial charge in [-0.3, -0.25) is 9.97 Å². The summed E-state index contributed by atoms with van der Waals surface area (Å²) in [6, 6.07) is 34.2. The fourth-order valence-electron chi connectivity index (χ4n) is 4.93. The molecule has 2 heterocycles. The summed E-state index contributed by atoms with van der Waals surface area (Å²) in [5, 5.41) is 3.61. The zero-order chi connectivity index (χ0) is 29.6. The second-order valence-electron chi connectivity index (χ2n) is 13.9. The summed E-state index contributed by atoms with van der Waals surface area (Å²) in [6.07, 6.45) is 0. The minimum absolute atomic E-state index is 0. The smallest absolute Gasteiger partial charge is 0.422 e. The van der Waals surface area contributed by atoms with E-state index < -0.39 is 8.07 Å². The molecule has 0 aliphatic rings. The Morgan fingerprint density at radius 3 is 2.10 bits per heavy atom. The molecule has 42 heavy (non-hydrogen) atoms. The molecule has 0 aliphatic heterocycles. The predicted molar refractivity (Wildman–Crippen MR) is 175 cm³/mol. The number of aromatic nitrogens is 2. The number of pyridine rings is 2. The van der Waals surface area contributed by atoms with Gasteiger partial charge in [0.15, 0.2) is 0 Å². The second-order valence-corrected chi connectivity index (χ2v) is 19.0. The molecule has 218 valence electrons. The first kappa shape index (κ1) is 31.9. The van der Waals surface area contributed by atoms with Gasteiger partial charge >= 0.3 is 21.1 Å². The van der Waals surface area contributed by atoms with Crippen LogP contribution in [0.5, 0.6) is 11.8 Å². The molecule has 0 aliphatic carbocycles. The van der Waals surface area contributed by atoms with E-state index in [-0.39, 0.29) is 31.9 Å². The normalized spacial score (nSPS) is 12.2. The number of benzene rings is 3. The maximum absolute atomic E-state index is 6.39. The largest absolute Gasteiger partial charge is 2.00 e. The van der Waals surface area contributed by atoms with Gasteiger partial charge in [-0.25, -0.2) is 0 Å². The van der Waals surface area contributed by atoms with Crippen molar-refractivity contribution in [1.82, 2.24) is 9.97 Å². The van der Waals surface area contributed by atoms with Crippen LogP contribution in [0.4, 0.5) is 0 Å². The van der Waals surface area contributed by atoms with Gasteiger partial charge in [0.05, 0.1) is 8.07 Å². The van der Waals surface area contributed by atoms with Gasteiger partial charge in [-0.15, -0.1) is 64.5 Å². The van der Waals surface area contributed by atoms with Crippen molar-refractivity contribution < 1.29 is 25.8 Å². The van der Waals surface area contributed by atoms with Crippen LogP contribution in [0, 0.1) is 12.1 Å². The van der Waals surface area contributed by atoms with Crippen molar-refractivity contribution in [2.45, 2.75) is 72.0 Å². The van der Waals surface area contributed by atoms with Gasteiger partial charge in [-0.2, -0.15) is 0 Å². The average molecular weight is 752 g/mol. The van der Waals surface area contributed by atoms with E-state index >= 15 is 0 Å². The molecule has 0 saturated heterocycles. The van der Waals surface area contributed by atoms with Gasteiger partial charge in [-0.05, 0) is 28.7 Å². The minimum Gasteiger partial charge on any atom is -0.422 e. The van der Waals surface area contributed by atoms with Crippen LogP contribution in [0.25, 0.3) is 33.3 Å². The molecule has 0 N–H and O–H groups in total. The van der Waals surface area contributed by atoms with Crippen molar-refractivity contribution in [2.24, 2.45) is 0 Å². The fourth-order valence-corrected chi connectivity index (χ4v) is 6.05. The van der Waals surface area contributed by atoms with E-state index in [0.717, 1.165) is 27.9 Å². The van der Waals surface area contributed by atoms with Gasteiger partial charge in [0, 0.05) is 5.69 Å². The van der Waals surface area contributed by atoms with Crippen LogP contribution in [0.3, 0.4) is 0 Å². The summed E-state index contributed by atoms with van der Waals surface area (Å²) >= 11 is 0. The first-order chi connectivity index (χ1) is 19.2. The molecule has 0 saturated carbocycles. The predicted octanol–water partition coefficient (Wildman–Crippen LogP) is 9.49. The van der Waals surface area contributed by atoms with E-state index in [0.29, 0.717) is 11.8 Å². The zero-order valence-corrected chi connectivity index (χ0v) is 29.4. The minimum atomic E-state index is -1.70. The fraction of sp³-hybridized carbons (Fsp3) is 0.297. The molecule has 0 fully saturated rings. The van der Waals surface area contributed by atoms with E-state index in [1.54, 1.807) is 0 Å². The molecule has 0 spiro atoms. The third kappa shape index (κ3) is 7.10. The number of nitrogens with zero attached hydrogens (tertiary/aromatic N) is 2. The van der Waals surface area contributed by atoms with Gasteiger partial charge in [0.1, 0.15) is 0 Å². The number of fused-ring (bicyclic) bond motifs is 1. The van der Waals surface area contributed by atoms with E-state index in [1.807, 2.05) is 24.3 Å². The van der Waals surface area contributed by atoms with Crippen LogP contribution in [0.1, 0.15) is 52.7 Å². The molecule has 0 radical (unpaired) electrons. The molecule has 5 aromatic rings. The molecule has 0 atom stereocenters. The standard InChI is InChI=1S/C37H40N2OSi.Pt/c1-36(2,3)28-16-12-15-26(21-28)32-18-13-19-34(38-32)40-35-24-29(41(7,8)9)23-33(39-35)27-20-25-14-10-11-17-30(25)31(22-27)37(4,5)6;/h10-14,16-19,21-24H,1-9H3;/q-2;+2. The van der Waals surface area contributed by atoms with Crippen molar-refractivity contribution in [1.29, 1.82) is 0 Å². The van der Waals surface area contributed by atoms with Crippen LogP contribution in [-0.2, 0) is 31.9 Å². The van der Waals surface area contributed by atoms with Gasteiger partial charge in [0.25, 0.3) is 0 Å². The maximum atomic E-state index is 6.39. The molecule has 0 amide bonds. The molecule has 0 unspecified atom stereocenters. The Morgan fingerprint density at radius 1 is 0.690 bits per heavy atom. The molecule has 5 heteroatoms. The molecule has 5 rings (SSSR count). The SMILES string of the molecule is CC(C)(C)c1cc[c-]c(-c2cccc(Oc3cc([Si](C)(C)C)cc(-c4[c-]c5ccccc5c(C(C)(C)C)c4)n3)n2)c1.[Pt+2]. The summed E-state index contributed by atoms with van der Waals surface area (Å²) in [6.45, 7) is 20.4. The number of ether oxygens (including phenoxy) is 1. The van der Waals surface area contributed by atoms with Crippen LogP contribution >= 0.6 is 0 Å². The monoisotopic (exact) mass is 751 g/mol. The van der Waals surface area contributed by atoms with Crippen molar-refractivity contribution >= 4 is 24.0 Å². The van der Waals surface area contributed by atoms with Crippen LogP contribution < -0.4 is 9.92 Å². The van der Waals surface area contributed by atoms with Crippen LogP contribution in [-0.4, -0.2) is 18.0 Å². The molecular weight excluding hydrogens is 712 g/mol. The Kier molecular flexibility index (Phi) is 9.02. The molecular formula is C37H40N2OPtSi. The van der Waals surface area contributed by atoms with Crippen molar-refractivity contribution in [3.63, 3.8) is 0 Å². The van der Waals surface area contributed by atoms with E-state index in [4.69, 9.17) is 14.7 Å². The van der Waals surface area contributed by atoms with Crippen molar-refractivity contribution in [3.05, 3.63) is 102 Å². The van der Waals surface area contributed by atoms with E-state index in [1.165, 1.54) is 21.7 Å². The third-order valence-corrected chi connectivity index (χ3v) is 9.42. The number of rotatable bonds is 5. The molecule has 0 bridgehead atoms. The Bertz CT molecular complexity index is 1730. The summed E-state index contributed by atoms with van der Waals surface area (Å²) in [5.74, 6) is 1.07. The van der Waals surface area contributed by atoms with E-state index in [2.05, 4.69) is 128 Å². The quantitative estimate of drug-likeness (QED) is 0.133. The van der Waals surface area contributed by atoms with Crippen molar-refractivity contribution in [2.75, 3.05) is 0 Å². The van der Waals surface area contributed by atoms with Gasteiger partial charge < -0.3 is 4.74 Å². The Hall–Kier alpha value is -3.07. The van der Waals surface area contributed by atoms with Gasteiger partial charge in [0.2, 0.25) is 11.8 Å². The Morgan fingerprint density at radius 2 is 1.40 bits per heavy atom. The van der Waals surface area contributed by atoms with Crippen molar-refractivity contribution in [3.8, 4) is 34.3 Å². The molecule has 2 aromatic heterocycles. The number of hydrogen-bond donors (Lipinski definition) is 0. The zero-order valence-electron chi connectivity index (χ0n) is 26.1. The first-order valence-electron chi connectivity index (χ1n) is 14.3. The Balaban J connectivity index is 0.00000405. The summed E-state index contributed by atoms with van der Waals surface area (Å²) in [4.78, 5) is 9.87. The van der Waals surface area contributed by atoms with Crippen LogP contribution in [0.15, 0.2) is 78.9 Å². The van der Waals surface area contributed by atoms with E-state index in [9.17, 15) is 0 Å². The Labute approximate surface area is 267 Å². The maximum Gasteiger partial charge on any atom is 2.00 e. The topological polar surface area (TPSA) is 35.0 Å². The van der Waals surface area contributed by atoms with Crippen LogP contribution in [0.2, 0.25) is 19.6 Å². The average Bonchev–Trinajstić information content (AvgIpc) is 2.91.